The number of hydrogen-bond acceptors (Lipinski definition) is 5. The summed E-state index contributed by atoms with van der Waals surface area (Å²) < 4.78 is 16.6. The number of fused-ring (bicyclic) bond motifs is 1. The van der Waals surface area contributed by atoms with E-state index in [4.69, 9.17) is 13.9 Å². The average Bonchev–Trinajstić information content (AvgIpc) is 2.82. The van der Waals surface area contributed by atoms with E-state index in [1.807, 2.05) is 24.3 Å². The summed E-state index contributed by atoms with van der Waals surface area (Å²) in [4.78, 5) is 24.4. The van der Waals surface area contributed by atoms with Gasteiger partial charge in [-0.05, 0) is 42.5 Å². The van der Waals surface area contributed by atoms with Gasteiger partial charge in [-0.2, -0.15) is 0 Å². The van der Waals surface area contributed by atoms with Crippen LogP contribution in [0.1, 0.15) is 37.3 Å². The second-order valence-corrected chi connectivity index (χ2v) is 8.32. The van der Waals surface area contributed by atoms with Gasteiger partial charge in [-0.1, -0.05) is 43.7 Å². The van der Waals surface area contributed by atoms with Crippen LogP contribution in [0.3, 0.4) is 0 Å². The van der Waals surface area contributed by atoms with E-state index in [2.05, 4.69) is 24.4 Å². The van der Waals surface area contributed by atoms with Crippen LogP contribution in [0.25, 0.3) is 11.0 Å². The first kappa shape index (κ1) is 22.1. The molecule has 0 unspecified atom stereocenters. The molecule has 0 bridgehead atoms. The summed E-state index contributed by atoms with van der Waals surface area (Å²) in [7, 11) is 0. The fourth-order valence-electron chi connectivity index (χ4n) is 4.37. The van der Waals surface area contributed by atoms with Gasteiger partial charge in [0.05, 0.1) is 0 Å². The molecule has 32 heavy (non-hydrogen) atoms. The van der Waals surface area contributed by atoms with Crippen molar-refractivity contribution in [3.8, 4) is 5.75 Å². The van der Waals surface area contributed by atoms with Gasteiger partial charge in [-0.25, -0.2) is 4.79 Å². The molecular weight excluding hydrogens is 406 g/mol. The summed E-state index contributed by atoms with van der Waals surface area (Å²) in [6.07, 6.45) is 3.47. The van der Waals surface area contributed by atoms with Crippen molar-refractivity contribution in [3.05, 3.63) is 76.1 Å². The third kappa shape index (κ3) is 5.02. The molecule has 0 atom stereocenters. The highest BCUT2D eigenvalue weighted by atomic mass is 16.5. The van der Waals surface area contributed by atoms with Crippen molar-refractivity contribution < 1.29 is 18.7 Å². The van der Waals surface area contributed by atoms with E-state index >= 15 is 0 Å². The molecule has 1 N–H and O–H groups in total. The molecule has 1 aromatic heterocycles. The summed E-state index contributed by atoms with van der Waals surface area (Å²) in [6, 6.07) is 17.2. The number of rotatable bonds is 8. The van der Waals surface area contributed by atoms with Gasteiger partial charge in [0.15, 0.2) is 6.61 Å². The summed E-state index contributed by atoms with van der Waals surface area (Å²) in [5.41, 5.74) is 2.15. The molecule has 6 heteroatoms. The fourth-order valence-corrected chi connectivity index (χ4v) is 4.37. The molecule has 0 radical (unpaired) electrons. The largest absolute Gasteiger partial charge is 0.484 e. The van der Waals surface area contributed by atoms with Gasteiger partial charge < -0.3 is 19.2 Å². The Morgan fingerprint density at radius 2 is 1.88 bits per heavy atom. The lowest BCUT2D eigenvalue weighted by molar-refractivity contribution is -0.123. The zero-order valence-corrected chi connectivity index (χ0v) is 18.4. The molecule has 1 aliphatic heterocycles. The Morgan fingerprint density at radius 1 is 1.09 bits per heavy atom. The number of carbonyl (C=O) groups is 1. The van der Waals surface area contributed by atoms with Crippen molar-refractivity contribution in [2.75, 3.05) is 26.4 Å². The number of benzene rings is 2. The van der Waals surface area contributed by atoms with Gasteiger partial charge in [0.25, 0.3) is 5.91 Å². The highest BCUT2D eigenvalue weighted by Gasteiger charge is 2.34. The van der Waals surface area contributed by atoms with E-state index in [1.54, 1.807) is 18.2 Å². The molecule has 6 nitrogen and oxygen atoms in total. The SMILES string of the molecule is CCCc1cc(=O)oc2cc(OCC(=O)NCC3(c4ccccc4)CCOCC3)ccc12. The maximum atomic E-state index is 12.5. The number of carbonyl (C=O) groups excluding carboxylic acids is 1. The monoisotopic (exact) mass is 435 g/mol. The first-order valence-electron chi connectivity index (χ1n) is 11.2. The van der Waals surface area contributed by atoms with Gasteiger partial charge in [0.2, 0.25) is 0 Å². The number of ether oxygens (including phenoxy) is 2. The van der Waals surface area contributed by atoms with Gasteiger partial charge in [0.1, 0.15) is 11.3 Å². The van der Waals surface area contributed by atoms with Gasteiger partial charge in [0, 0.05) is 42.7 Å². The van der Waals surface area contributed by atoms with Crippen LogP contribution in [0.2, 0.25) is 0 Å². The first-order chi connectivity index (χ1) is 15.6. The van der Waals surface area contributed by atoms with Crippen LogP contribution in [0.4, 0.5) is 0 Å². The maximum Gasteiger partial charge on any atom is 0.336 e. The highest BCUT2D eigenvalue weighted by molar-refractivity contribution is 5.82. The number of nitrogens with one attached hydrogen (secondary N) is 1. The Morgan fingerprint density at radius 3 is 2.62 bits per heavy atom. The zero-order valence-electron chi connectivity index (χ0n) is 18.4. The van der Waals surface area contributed by atoms with Crippen LogP contribution >= 0.6 is 0 Å². The van der Waals surface area contributed by atoms with E-state index < -0.39 is 0 Å². The number of aryl methyl sites for hydroxylation is 1. The molecule has 168 valence electrons. The van der Waals surface area contributed by atoms with E-state index in [9.17, 15) is 9.59 Å². The lowest BCUT2D eigenvalue weighted by atomic mass is 9.74. The van der Waals surface area contributed by atoms with Gasteiger partial charge in [-0.3, -0.25) is 4.79 Å². The van der Waals surface area contributed by atoms with Crippen LogP contribution in [-0.4, -0.2) is 32.3 Å². The Balaban J connectivity index is 1.40. The lowest BCUT2D eigenvalue weighted by Crippen LogP contribution is -2.45. The minimum absolute atomic E-state index is 0.105. The molecule has 1 amide bonds. The lowest BCUT2D eigenvalue weighted by Gasteiger charge is -2.38. The predicted molar refractivity (Wildman–Crippen MR) is 123 cm³/mol. The molecule has 0 spiro atoms. The minimum Gasteiger partial charge on any atom is -0.484 e. The van der Waals surface area contributed by atoms with Crippen molar-refractivity contribution in [3.63, 3.8) is 0 Å². The third-order valence-electron chi connectivity index (χ3n) is 6.15. The van der Waals surface area contributed by atoms with Crippen LogP contribution in [0, 0.1) is 0 Å². The smallest absolute Gasteiger partial charge is 0.336 e. The molecule has 0 aliphatic carbocycles. The molecular formula is C26H29NO5. The third-order valence-corrected chi connectivity index (χ3v) is 6.15. The highest BCUT2D eigenvalue weighted by Crippen LogP contribution is 2.34. The van der Waals surface area contributed by atoms with Crippen LogP contribution in [0.5, 0.6) is 5.75 Å². The predicted octanol–water partition coefficient (Wildman–Crippen LogP) is 3.99. The molecule has 2 aromatic carbocycles. The summed E-state index contributed by atoms with van der Waals surface area (Å²) >= 11 is 0. The van der Waals surface area contributed by atoms with Crippen molar-refractivity contribution in [1.29, 1.82) is 0 Å². The standard InChI is InChI=1S/C26H29NO5/c1-2-6-19-15-25(29)32-23-16-21(9-10-22(19)23)31-17-24(28)27-18-26(11-13-30-14-12-26)20-7-4-3-5-8-20/h3-5,7-10,15-16H,2,6,11-14,17-18H2,1H3,(H,27,28). The quantitative estimate of drug-likeness (QED) is 0.542. The molecule has 1 fully saturated rings. The summed E-state index contributed by atoms with van der Waals surface area (Å²) in [5.74, 6) is 0.307. The minimum atomic E-state index is -0.376. The van der Waals surface area contributed by atoms with E-state index in [1.165, 1.54) is 5.56 Å². The van der Waals surface area contributed by atoms with Crippen molar-refractivity contribution >= 4 is 16.9 Å². The van der Waals surface area contributed by atoms with Gasteiger partial charge >= 0.3 is 5.63 Å². The fraction of sp³-hybridized carbons (Fsp3) is 0.385. The van der Waals surface area contributed by atoms with Crippen molar-refractivity contribution in [2.24, 2.45) is 0 Å². The first-order valence-corrected chi connectivity index (χ1v) is 11.2. The Labute approximate surface area is 187 Å². The number of hydrogen-bond donors (Lipinski definition) is 1. The Bertz CT molecular complexity index is 1120. The summed E-state index contributed by atoms with van der Waals surface area (Å²) in [6.45, 7) is 3.87. The zero-order chi connectivity index (χ0) is 22.4. The maximum absolute atomic E-state index is 12.5. The molecule has 1 saturated heterocycles. The molecule has 3 aromatic rings. The van der Waals surface area contributed by atoms with Crippen LogP contribution in [-0.2, 0) is 21.4 Å². The summed E-state index contributed by atoms with van der Waals surface area (Å²) in [5, 5.41) is 3.94. The topological polar surface area (TPSA) is 77.8 Å². The van der Waals surface area contributed by atoms with Crippen LogP contribution < -0.4 is 15.7 Å². The molecule has 2 heterocycles. The second kappa shape index (κ2) is 10.0. The van der Waals surface area contributed by atoms with Crippen molar-refractivity contribution in [2.45, 2.75) is 38.0 Å². The van der Waals surface area contributed by atoms with E-state index in [-0.39, 0.29) is 23.6 Å². The van der Waals surface area contributed by atoms with E-state index in [0.717, 1.165) is 36.6 Å². The normalized spacial score (nSPS) is 15.4. The second-order valence-electron chi connectivity index (χ2n) is 8.32. The Hall–Kier alpha value is -3.12. The molecule has 4 rings (SSSR count). The Kier molecular flexibility index (Phi) is 6.90. The average molecular weight is 436 g/mol. The molecule has 1 aliphatic rings. The van der Waals surface area contributed by atoms with E-state index in [0.29, 0.717) is 31.1 Å². The van der Waals surface area contributed by atoms with Crippen LogP contribution in [0.15, 0.2) is 63.8 Å². The molecule has 0 saturated carbocycles. The van der Waals surface area contributed by atoms with Crippen molar-refractivity contribution in [1.82, 2.24) is 5.32 Å². The number of amides is 1. The van der Waals surface area contributed by atoms with Gasteiger partial charge in [-0.15, -0.1) is 0 Å².